The van der Waals surface area contributed by atoms with Crippen LogP contribution in [0.25, 0.3) is 11.0 Å². The van der Waals surface area contributed by atoms with E-state index in [9.17, 15) is 0 Å². The molecule has 0 unspecified atom stereocenters. The molecule has 22 heavy (non-hydrogen) atoms. The SMILES string of the molecule is C[CH]CCc1ncnc2c1cnn2CCN1CCCCCC1. The Balaban J connectivity index is 1.68. The summed E-state index contributed by atoms with van der Waals surface area (Å²) in [6.07, 6.45) is 13.2. The Morgan fingerprint density at radius 3 is 2.68 bits per heavy atom. The van der Waals surface area contributed by atoms with E-state index in [1.54, 1.807) is 6.33 Å². The molecule has 1 saturated heterocycles. The monoisotopic (exact) mass is 300 g/mol. The lowest BCUT2D eigenvalue weighted by atomic mass is 10.1. The van der Waals surface area contributed by atoms with Crippen molar-refractivity contribution >= 4 is 11.0 Å². The van der Waals surface area contributed by atoms with Crippen LogP contribution in [0.3, 0.4) is 0 Å². The number of aryl methyl sites for hydroxylation is 1. The second-order valence-electron chi connectivity index (χ2n) is 6.13. The van der Waals surface area contributed by atoms with Gasteiger partial charge in [-0.05, 0) is 45.2 Å². The number of rotatable bonds is 6. The van der Waals surface area contributed by atoms with Crippen LogP contribution in [-0.4, -0.2) is 44.3 Å². The summed E-state index contributed by atoms with van der Waals surface area (Å²) in [7, 11) is 0. The molecule has 3 heterocycles. The Bertz CT molecular complexity index is 584. The van der Waals surface area contributed by atoms with Gasteiger partial charge in [0.1, 0.15) is 6.33 Å². The van der Waals surface area contributed by atoms with Crippen molar-refractivity contribution in [2.45, 2.75) is 52.0 Å². The molecule has 0 spiro atoms. The summed E-state index contributed by atoms with van der Waals surface area (Å²) < 4.78 is 2.04. The van der Waals surface area contributed by atoms with Crippen molar-refractivity contribution in [3.8, 4) is 0 Å². The van der Waals surface area contributed by atoms with Crippen molar-refractivity contribution in [2.24, 2.45) is 0 Å². The van der Waals surface area contributed by atoms with E-state index in [4.69, 9.17) is 0 Å². The van der Waals surface area contributed by atoms with Gasteiger partial charge in [0.05, 0.1) is 23.8 Å². The molecule has 0 amide bonds. The Kier molecular flexibility index (Phi) is 5.38. The van der Waals surface area contributed by atoms with Crippen LogP contribution in [0, 0.1) is 6.42 Å². The smallest absolute Gasteiger partial charge is 0.161 e. The van der Waals surface area contributed by atoms with Gasteiger partial charge in [-0.25, -0.2) is 14.6 Å². The van der Waals surface area contributed by atoms with Crippen LogP contribution in [0.2, 0.25) is 0 Å². The second kappa shape index (κ2) is 7.68. The number of unbranched alkanes of at least 4 members (excludes halogenated alkanes) is 1. The van der Waals surface area contributed by atoms with Gasteiger partial charge in [0.2, 0.25) is 0 Å². The van der Waals surface area contributed by atoms with Gasteiger partial charge in [0, 0.05) is 6.54 Å². The highest BCUT2D eigenvalue weighted by Gasteiger charge is 2.12. The first-order valence-electron chi connectivity index (χ1n) is 8.54. The molecule has 2 aromatic rings. The minimum absolute atomic E-state index is 0.917. The van der Waals surface area contributed by atoms with Crippen LogP contribution in [0.5, 0.6) is 0 Å². The molecule has 0 saturated carbocycles. The van der Waals surface area contributed by atoms with Gasteiger partial charge < -0.3 is 4.90 Å². The highest BCUT2D eigenvalue weighted by Crippen LogP contribution is 2.16. The summed E-state index contributed by atoms with van der Waals surface area (Å²) in [5.74, 6) is 0. The molecule has 0 bridgehead atoms. The molecular weight excluding hydrogens is 274 g/mol. The van der Waals surface area contributed by atoms with E-state index in [0.29, 0.717) is 0 Å². The first-order chi connectivity index (χ1) is 10.9. The number of likely N-dealkylation sites (tertiary alicyclic amines) is 1. The lowest BCUT2D eigenvalue weighted by molar-refractivity contribution is 0.270. The molecular formula is C17H26N5. The van der Waals surface area contributed by atoms with Gasteiger partial charge in [-0.15, -0.1) is 0 Å². The van der Waals surface area contributed by atoms with Crippen molar-refractivity contribution in [3.05, 3.63) is 24.6 Å². The zero-order valence-electron chi connectivity index (χ0n) is 13.5. The third-order valence-corrected chi connectivity index (χ3v) is 4.51. The fraction of sp³-hybridized carbons (Fsp3) is 0.647. The van der Waals surface area contributed by atoms with Crippen LogP contribution >= 0.6 is 0 Å². The minimum atomic E-state index is 0.917. The minimum Gasteiger partial charge on any atom is -0.301 e. The lowest BCUT2D eigenvalue weighted by Crippen LogP contribution is -2.28. The van der Waals surface area contributed by atoms with Gasteiger partial charge in [-0.1, -0.05) is 19.8 Å². The van der Waals surface area contributed by atoms with Crippen molar-refractivity contribution in [1.82, 2.24) is 24.6 Å². The van der Waals surface area contributed by atoms with Crippen molar-refractivity contribution < 1.29 is 0 Å². The third kappa shape index (κ3) is 3.64. The van der Waals surface area contributed by atoms with Crippen LogP contribution < -0.4 is 0 Å². The molecule has 5 nitrogen and oxygen atoms in total. The average Bonchev–Trinajstić information content (AvgIpc) is 2.78. The van der Waals surface area contributed by atoms with Gasteiger partial charge in [-0.3, -0.25) is 0 Å². The van der Waals surface area contributed by atoms with Gasteiger partial charge in [-0.2, -0.15) is 5.10 Å². The third-order valence-electron chi connectivity index (χ3n) is 4.51. The van der Waals surface area contributed by atoms with E-state index in [2.05, 4.69) is 33.3 Å². The lowest BCUT2D eigenvalue weighted by Gasteiger charge is -2.19. The summed E-state index contributed by atoms with van der Waals surface area (Å²) in [5.41, 5.74) is 2.10. The summed E-state index contributed by atoms with van der Waals surface area (Å²) in [5, 5.41) is 5.66. The van der Waals surface area contributed by atoms with Gasteiger partial charge in [0.15, 0.2) is 5.65 Å². The number of nitrogens with zero attached hydrogens (tertiary/aromatic N) is 5. The van der Waals surface area contributed by atoms with Crippen LogP contribution in [0.15, 0.2) is 12.5 Å². The molecule has 0 atom stereocenters. The number of hydrogen-bond donors (Lipinski definition) is 0. The molecule has 0 aromatic carbocycles. The second-order valence-corrected chi connectivity index (χ2v) is 6.13. The molecule has 119 valence electrons. The number of hydrogen-bond acceptors (Lipinski definition) is 4. The fourth-order valence-corrected chi connectivity index (χ4v) is 3.18. The maximum Gasteiger partial charge on any atom is 0.161 e. The highest BCUT2D eigenvalue weighted by molar-refractivity contribution is 5.76. The van der Waals surface area contributed by atoms with E-state index >= 15 is 0 Å². The Morgan fingerprint density at radius 2 is 1.91 bits per heavy atom. The highest BCUT2D eigenvalue weighted by atomic mass is 15.3. The topological polar surface area (TPSA) is 46.8 Å². The molecule has 1 radical (unpaired) electrons. The van der Waals surface area contributed by atoms with Gasteiger partial charge in [0.25, 0.3) is 0 Å². The number of aromatic nitrogens is 4. The molecule has 3 rings (SSSR count). The van der Waals surface area contributed by atoms with E-state index in [0.717, 1.165) is 42.7 Å². The molecule has 5 heteroatoms. The number of fused-ring (bicyclic) bond motifs is 1. The van der Waals surface area contributed by atoms with Crippen LogP contribution in [0.4, 0.5) is 0 Å². The molecule has 1 aliphatic rings. The van der Waals surface area contributed by atoms with E-state index in [-0.39, 0.29) is 0 Å². The molecule has 0 N–H and O–H groups in total. The van der Waals surface area contributed by atoms with Crippen molar-refractivity contribution in [3.63, 3.8) is 0 Å². The normalized spacial score (nSPS) is 17.0. The van der Waals surface area contributed by atoms with Crippen molar-refractivity contribution in [1.29, 1.82) is 0 Å². The first-order valence-corrected chi connectivity index (χ1v) is 8.54. The Labute approximate surface area is 132 Å². The predicted molar refractivity (Wildman–Crippen MR) is 88.5 cm³/mol. The van der Waals surface area contributed by atoms with Crippen molar-refractivity contribution in [2.75, 3.05) is 19.6 Å². The van der Waals surface area contributed by atoms with Gasteiger partial charge >= 0.3 is 0 Å². The van der Waals surface area contributed by atoms with E-state index < -0.39 is 0 Å². The summed E-state index contributed by atoms with van der Waals surface area (Å²) in [4.78, 5) is 11.4. The maximum absolute atomic E-state index is 4.55. The fourth-order valence-electron chi connectivity index (χ4n) is 3.18. The largest absolute Gasteiger partial charge is 0.301 e. The summed E-state index contributed by atoms with van der Waals surface area (Å²) in [6, 6.07) is 0. The van der Waals surface area contributed by atoms with E-state index in [1.165, 1.54) is 38.8 Å². The van der Waals surface area contributed by atoms with Crippen LogP contribution in [0.1, 0.15) is 44.7 Å². The summed E-state index contributed by atoms with van der Waals surface area (Å²) in [6.45, 7) is 6.53. The maximum atomic E-state index is 4.55. The predicted octanol–water partition coefficient (Wildman–Crippen LogP) is 2.86. The molecule has 1 fully saturated rings. The quantitative estimate of drug-likeness (QED) is 0.823. The molecule has 0 aliphatic carbocycles. The first kappa shape index (κ1) is 15.4. The average molecular weight is 300 g/mol. The zero-order valence-corrected chi connectivity index (χ0v) is 13.5. The molecule has 2 aromatic heterocycles. The van der Waals surface area contributed by atoms with Crippen LogP contribution in [-0.2, 0) is 13.0 Å². The Morgan fingerprint density at radius 1 is 1.09 bits per heavy atom. The zero-order chi connectivity index (χ0) is 15.2. The molecule has 1 aliphatic heterocycles. The summed E-state index contributed by atoms with van der Waals surface area (Å²) >= 11 is 0. The van der Waals surface area contributed by atoms with E-state index in [1.807, 2.05) is 10.9 Å². The standard InChI is InChI=1S/C17H26N5/c1-2-3-8-16-15-13-20-22(17(15)19-14-18-16)12-11-21-9-6-4-5-7-10-21/h2,13-14H,3-12H2,1H3. The Hall–Kier alpha value is -1.49.